The van der Waals surface area contributed by atoms with E-state index in [2.05, 4.69) is 16.8 Å². The third-order valence-corrected chi connectivity index (χ3v) is 5.68. The molecule has 1 fully saturated rings. The molecule has 0 unspecified atom stereocenters. The summed E-state index contributed by atoms with van der Waals surface area (Å²) in [6.45, 7) is 4.89. The van der Waals surface area contributed by atoms with Crippen LogP contribution in [0.5, 0.6) is 0 Å². The first-order valence-electron chi connectivity index (χ1n) is 8.94. The maximum absolute atomic E-state index is 12.8. The van der Waals surface area contributed by atoms with E-state index in [4.69, 9.17) is 0 Å². The molecule has 27 heavy (non-hydrogen) atoms. The van der Waals surface area contributed by atoms with Gasteiger partial charge in [0.05, 0.1) is 16.7 Å². The van der Waals surface area contributed by atoms with Gasteiger partial charge >= 0.3 is 0 Å². The van der Waals surface area contributed by atoms with Crippen molar-refractivity contribution in [1.82, 2.24) is 24.1 Å². The van der Waals surface area contributed by atoms with Crippen molar-refractivity contribution in [3.05, 3.63) is 47.3 Å². The molecule has 1 amide bonds. The highest BCUT2D eigenvalue weighted by atomic mass is 32.2. The van der Waals surface area contributed by atoms with E-state index in [0.29, 0.717) is 34.5 Å². The minimum absolute atomic E-state index is 0.0763. The lowest BCUT2D eigenvalue weighted by atomic mass is 10.2. The lowest BCUT2D eigenvalue weighted by Gasteiger charge is -2.16. The van der Waals surface area contributed by atoms with Crippen molar-refractivity contribution in [2.45, 2.75) is 24.5 Å². The highest BCUT2D eigenvalue weighted by Gasteiger charge is 2.25. The Labute approximate surface area is 160 Å². The van der Waals surface area contributed by atoms with Crippen molar-refractivity contribution in [1.29, 1.82) is 0 Å². The molecule has 1 aliphatic carbocycles. The molecule has 0 atom stereocenters. The molecule has 1 aromatic carbocycles. The Hall–Kier alpha value is -2.61. The van der Waals surface area contributed by atoms with Crippen molar-refractivity contribution < 1.29 is 4.79 Å². The molecule has 7 nitrogen and oxygen atoms in total. The van der Waals surface area contributed by atoms with Crippen LogP contribution in [0.25, 0.3) is 16.7 Å². The van der Waals surface area contributed by atoms with Crippen LogP contribution < -0.4 is 5.56 Å². The number of hydrogen-bond donors (Lipinski definition) is 0. The van der Waals surface area contributed by atoms with E-state index in [1.54, 1.807) is 21.6 Å². The van der Waals surface area contributed by atoms with Gasteiger partial charge in [0.15, 0.2) is 5.16 Å². The van der Waals surface area contributed by atoms with Crippen molar-refractivity contribution >= 4 is 34.3 Å². The third kappa shape index (κ3) is 3.37. The van der Waals surface area contributed by atoms with E-state index in [-0.39, 0.29) is 11.5 Å². The molecule has 0 N–H and O–H groups in total. The molecule has 0 spiro atoms. The average Bonchev–Trinajstić information content (AvgIpc) is 3.39. The number of allylic oxidation sites excluding steroid dienone is 1. The van der Waals surface area contributed by atoms with Crippen LogP contribution in [0.1, 0.15) is 12.8 Å². The predicted octanol–water partition coefficient (Wildman–Crippen LogP) is 2.19. The van der Waals surface area contributed by atoms with Crippen LogP contribution in [0.3, 0.4) is 0 Å². The van der Waals surface area contributed by atoms with Crippen LogP contribution in [0.4, 0.5) is 0 Å². The van der Waals surface area contributed by atoms with Gasteiger partial charge in [-0.05, 0) is 30.9 Å². The first-order valence-corrected chi connectivity index (χ1v) is 9.93. The van der Waals surface area contributed by atoms with Crippen LogP contribution in [-0.4, -0.2) is 49.3 Å². The number of para-hydroxylation sites is 1. The first-order chi connectivity index (χ1) is 13.1. The van der Waals surface area contributed by atoms with Gasteiger partial charge in [0, 0.05) is 20.1 Å². The number of nitrogens with zero attached hydrogens (tertiary/aromatic N) is 5. The Morgan fingerprint density at radius 2 is 2.15 bits per heavy atom. The second-order valence-corrected chi connectivity index (χ2v) is 7.79. The molecule has 0 aliphatic heterocycles. The zero-order valence-electron chi connectivity index (χ0n) is 15.2. The summed E-state index contributed by atoms with van der Waals surface area (Å²) in [5.41, 5.74) is 0.617. The molecule has 3 aromatic rings. The average molecular weight is 383 g/mol. The van der Waals surface area contributed by atoms with Gasteiger partial charge in [0.25, 0.3) is 5.56 Å². The summed E-state index contributed by atoms with van der Waals surface area (Å²) in [6.07, 6.45) is 4.09. The van der Waals surface area contributed by atoms with E-state index < -0.39 is 0 Å². The predicted molar refractivity (Wildman–Crippen MR) is 106 cm³/mol. The summed E-state index contributed by atoms with van der Waals surface area (Å²) >= 11 is 1.34. The molecule has 1 saturated carbocycles. The topological polar surface area (TPSA) is 72.5 Å². The fourth-order valence-electron chi connectivity index (χ4n) is 3.15. The zero-order valence-corrected chi connectivity index (χ0v) is 16.0. The van der Waals surface area contributed by atoms with Gasteiger partial charge in [-0.3, -0.25) is 18.6 Å². The number of aromatic nitrogens is 4. The lowest BCUT2D eigenvalue weighted by Crippen LogP contribution is -2.30. The number of hydrogen-bond acceptors (Lipinski definition) is 5. The molecule has 4 rings (SSSR count). The van der Waals surface area contributed by atoms with Gasteiger partial charge in [-0.25, -0.2) is 0 Å². The van der Waals surface area contributed by atoms with Crippen molar-refractivity contribution in [2.75, 3.05) is 19.3 Å². The van der Waals surface area contributed by atoms with Crippen LogP contribution in [0.15, 0.2) is 46.9 Å². The van der Waals surface area contributed by atoms with Gasteiger partial charge in [-0.2, -0.15) is 0 Å². The smallest absolute Gasteiger partial charge is 0.263 e. The number of thioether (sulfide) groups is 1. The van der Waals surface area contributed by atoms with Crippen molar-refractivity contribution in [3.8, 4) is 0 Å². The number of carbonyl (C=O) groups is 1. The number of carbonyl (C=O) groups excluding carboxylic acids is 1. The SMILES string of the molecule is C=CCn1c(=O)c2ccccc2n2c(SCC(=O)N(C)CC3CC3)nnc12. The Balaban J connectivity index is 1.70. The van der Waals surface area contributed by atoms with Crippen molar-refractivity contribution in [2.24, 2.45) is 5.92 Å². The summed E-state index contributed by atoms with van der Waals surface area (Å²) in [5.74, 6) is 1.49. The second-order valence-electron chi connectivity index (χ2n) is 6.85. The summed E-state index contributed by atoms with van der Waals surface area (Å²) in [6, 6.07) is 7.37. The fourth-order valence-corrected chi connectivity index (χ4v) is 4.03. The Morgan fingerprint density at radius 1 is 1.37 bits per heavy atom. The van der Waals surface area contributed by atoms with E-state index in [1.165, 1.54) is 24.6 Å². The highest BCUT2D eigenvalue weighted by molar-refractivity contribution is 7.99. The normalized spacial score (nSPS) is 14.0. The largest absolute Gasteiger partial charge is 0.345 e. The molecule has 0 saturated heterocycles. The summed E-state index contributed by atoms with van der Waals surface area (Å²) in [7, 11) is 1.85. The Bertz CT molecular complexity index is 1080. The van der Waals surface area contributed by atoms with E-state index in [1.807, 2.05) is 29.6 Å². The molecular weight excluding hydrogens is 362 g/mol. The number of amides is 1. The Morgan fingerprint density at radius 3 is 2.89 bits per heavy atom. The van der Waals surface area contributed by atoms with Crippen LogP contribution >= 0.6 is 11.8 Å². The van der Waals surface area contributed by atoms with Gasteiger partial charge in [-0.15, -0.1) is 16.8 Å². The van der Waals surface area contributed by atoms with E-state index >= 15 is 0 Å². The molecule has 140 valence electrons. The van der Waals surface area contributed by atoms with Gasteiger partial charge in [0.2, 0.25) is 11.7 Å². The number of rotatable bonds is 7. The second kappa shape index (κ2) is 7.19. The molecule has 2 aromatic heterocycles. The van der Waals surface area contributed by atoms with Crippen LogP contribution in [-0.2, 0) is 11.3 Å². The third-order valence-electron chi connectivity index (χ3n) is 4.77. The van der Waals surface area contributed by atoms with Crippen LogP contribution in [0.2, 0.25) is 0 Å². The van der Waals surface area contributed by atoms with Gasteiger partial charge in [0.1, 0.15) is 0 Å². The lowest BCUT2D eigenvalue weighted by molar-refractivity contribution is -0.127. The maximum Gasteiger partial charge on any atom is 0.263 e. The number of fused-ring (bicyclic) bond motifs is 3. The van der Waals surface area contributed by atoms with Crippen LogP contribution in [0, 0.1) is 5.92 Å². The molecular formula is C19H21N5O2S. The fraction of sp³-hybridized carbons (Fsp3) is 0.368. The summed E-state index contributed by atoms with van der Waals surface area (Å²) < 4.78 is 3.40. The van der Waals surface area contributed by atoms with E-state index in [9.17, 15) is 9.59 Å². The molecule has 0 radical (unpaired) electrons. The minimum atomic E-state index is -0.123. The Kier molecular flexibility index (Phi) is 4.73. The quantitative estimate of drug-likeness (QED) is 0.462. The maximum atomic E-state index is 12.8. The highest BCUT2D eigenvalue weighted by Crippen LogP contribution is 2.29. The molecule has 0 bridgehead atoms. The van der Waals surface area contributed by atoms with E-state index in [0.717, 1.165) is 12.1 Å². The zero-order chi connectivity index (χ0) is 19.0. The molecule has 8 heteroatoms. The summed E-state index contributed by atoms with van der Waals surface area (Å²) in [4.78, 5) is 27.0. The minimum Gasteiger partial charge on any atom is -0.345 e. The van der Waals surface area contributed by atoms with Gasteiger partial charge in [-0.1, -0.05) is 30.0 Å². The van der Waals surface area contributed by atoms with Gasteiger partial charge < -0.3 is 4.90 Å². The molecule has 1 aliphatic rings. The monoisotopic (exact) mass is 383 g/mol. The number of benzene rings is 1. The first kappa shape index (κ1) is 17.8. The summed E-state index contributed by atoms with van der Waals surface area (Å²) in [5, 5.41) is 9.65. The molecule has 2 heterocycles. The standard InChI is InChI=1S/C19H21N5O2S/c1-3-10-23-17(26)14-6-4-5-7-15(14)24-18(23)20-21-19(24)27-12-16(25)22(2)11-13-8-9-13/h3-7,13H,1,8-12H2,2H3. The van der Waals surface area contributed by atoms with Crippen molar-refractivity contribution in [3.63, 3.8) is 0 Å².